The summed E-state index contributed by atoms with van der Waals surface area (Å²) in [5.41, 5.74) is 1.27. The topological polar surface area (TPSA) is 21.3 Å². The van der Waals surface area contributed by atoms with Gasteiger partial charge in [0.15, 0.2) is 0 Å². The zero-order valence-corrected chi connectivity index (χ0v) is 12.2. The minimum absolute atomic E-state index is 0.306. The van der Waals surface area contributed by atoms with Crippen LogP contribution in [0.5, 0.6) is 5.75 Å². The van der Waals surface area contributed by atoms with Crippen molar-refractivity contribution in [1.29, 1.82) is 0 Å². The molecule has 1 aromatic rings. The molecule has 17 heavy (non-hydrogen) atoms. The number of ether oxygens (including phenoxy) is 1. The van der Waals surface area contributed by atoms with Crippen molar-refractivity contribution in [3.8, 4) is 5.75 Å². The zero-order valence-electron chi connectivity index (χ0n) is 11.4. The van der Waals surface area contributed by atoms with Gasteiger partial charge in [0.2, 0.25) is 0 Å². The Morgan fingerprint density at radius 1 is 1.29 bits per heavy atom. The van der Waals surface area contributed by atoms with Crippen LogP contribution in [-0.4, -0.2) is 19.9 Å². The number of nitrogens with one attached hydrogen (secondary N) is 1. The molecule has 0 radical (unpaired) electrons. The maximum atomic E-state index is 5.46. The van der Waals surface area contributed by atoms with Crippen LogP contribution in [0.4, 0.5) is 0 Å². The third-order valence-electron chi connectivity index (χ3n) is 2.68. The van der Waals surface area contributed by atoms with Gasteiger partial charge in [-0.1, -0.05) is 19.9 Å². The first-order chi connectivity index (χ1) is 8.10. The highest BCUT2D eigenvalue weighted by Crippen LogP contribution is 2.35. The standard InChI is InChI=1S/C14H23NOS/c1-10(2)9-17-13-8-6-7-12(16-5)14(13)11(3)15-4/h6-8,10-11,15H,9H2,1-5H3. The Bertz CT molecular complexity index is 352. The van der Waals surface area contributed by atoms with Gasteiger partial charge in [0, 0.05) is 22.3 Å². The lowest BCUT2D eigenvalue weighted by molar-refractivity contribution is 0.401. The molecule has 0 saturated heterocycles. The highest BCUT2D eigenvalue weighted by molar-refractivity contribution is 7.99. The van der Waals surface area contributed by atoms with E-state index in [0.717, 1.165) is 11.5 Å². The van der Waals surface area contributed by atoms with Crippen LogP contribution in [0.2, 0.25) is 0 Å². The Kier molecular flexibility index (Phi) is 5.86. The molecule has 0 aliphatic rings. The largest absolute Gasteiger partial charge is 0.496 e. The van der Waals surface area contributed by atoms with Crippen LogP contribution in [0.15, 0.2) is 23.1 Å². The molecule has 1 aromatic carbocycles. The zero-order chi connectivity index (χ0) is 12.8. The molecule has 0 heterocycles. The molecule has 1 rings (SSSR count). The highest BCUT2D eigenvalue weighted by Gasteiger charge is 2.15. The van der Waals surface area contributed by atoms with Gasteiger partial charge in [0.1, 0.15) is 5.75 Å². The summed E-state index contributed by atoms with van der Waals surface area (Å²) >= 11 is 1.91. The molecule has 0 amide bonds. The number of benzene rings is 1. The second-order valence-corrected chi connectivity index (χ2v) is 5.65. The fourth-order valence-electron chi connectivity index (χ4n) is 1.66. The average molecular weight is 253 g/mol. The number of rotatable bonds is 6. The SMILES string of the molecule is CNC(C)c1c(OC)cccc1SCC(C)C. The molecule has 96 valence electrons. The fourth-order valence-corrected chi connectivity index (χ4v) is 2.78. The lowest BCUT2D eigenvalue weighted by atomic mass is 10.1. The summed E-state index contributed by atoms with van der Waals surface area (Å²) in [7, 11) is 3.71. The summed E-state index contributed by atoms with van der Waals surface area (Å²) in [5.74, 6) is 2.81. The molecule has 0 fully saturated rings. The van der Waals surface area contributed by atoms with Gasteiger partial charge in [0.05, 0.1) is 7.11 Å². The smallest absolute Gasteiger partial charge is 0.124 e. The van der Waals surface area contributed by atoms with E-state index in [0.29, 0.717) is 12.0 Å². The molecule has 1 unspecified atom stereocenters. The molecule has 0 aliphatic carbocycles. The third-order valence-corrected chi connectivity index (χ3v) is 4.18. The van der Waals surface area contributed by atoms with E-state index in [4.69, 9.17) is 4.74 Å². The molecule has 3 heteroatoms. The van der Waals surface area contributed by atoms with Crippen molar-refractivity contribution in [2.24, 2.45) is 5.92 Å². The first-order valence-electron chi connectivity index (χ1n) is 6.07. The van der Waals surface area contributed by atoms with Crippen LogP contribution in [0, 0.1) is 5.92 Å². The van der Waals surface area contributed by atoms with E-state index in [1.165, 1.54) is 10.5 Å². The van der Waals surface area contributed by atoms with Crippen molar-refractivity contribution in [2.75, 3.05) is 19.9 Å². The predicted octanol–water partition coefficient (Wildman–Crippen LogP) is 3.72. The Morgan fingerprint density at radius 2 is 2.00 bits per heavy atom. The Labute approximate surface area is 109 Å². The second-order valence-electron chi connectivity index (χ2n) is 4.59. The van der Waals surface area contributed by atoms with Crippen molar-refractivity contribution in [3.63, 3.8) is 0 Å². The van der Waals surface area contributed by atoms with Crippen LogP contribution in [0.25, 0.3) is 0 Å². The van der Waals surface area contributed by atoms with Gasteiger partial charge in [-0.3, -0.25) is 0 Å². The van der Waals surface area contributed by atoms with Crippen molar-refractivity contribution in [2.45, 2.75) is 31.7 Å². The van der Waals surface area contributed by atoms with Gasteiger partial charge >= 0.3 is 0 Å². The molecule has 0 aliphatic heterocycles. The fraction of sp³-hybridized carbons (Fsp3) is 0.571. The summed E-state index contributed by atoms with van der Waals surface area (Å²) in [6, 6.07) is 6.58. The summed E-state index contributed by atoms with van der Waals surface area (Å²) in [4.78, 5) is 1.32. The van der Waals surface area contributed by atoms with Crippen LogP contribution in [-0.2, 0) is 0 Å². The predicted molar refractivity (Wildman–Crippen MR) is 76.0 cm³/mol. The van der Waals surface area contributed by atoms with Gasteiger partial charge in [-0.2, -0.15) is 0 Å². The van der Waals surface area contributed by atoms with Crippen LogP contribution in [0.1, 0.15) is 32.4 Å². The molecular formula is C14H23NOS. The van der Waals surface area contributed by atoms with Gasteiger partial charge in [-0.15, -0.1) is 11.8 Å². The highest BCUT2D eigenvalue weighted by atomic mass is 32.2. The van der Waals surface area contributed by atoms with E-state index in [-0.39, 0.29) is 0 Å². The molecule has 0 spiro atoms. The molecular weight excluding hydrogens is 230 g/mol. The minimum atomic E-state index is 0.306. The average Bonchev–Trinajstić information content (AvgIpc) is 2.34. The second kappa shape index (κ2) is 6.92. The Hall–Kier alpha value is -0.670. The maximum Gasteiger partial charge on any atom is 0.124 e. The summed E-state index contributed by atoms with van der Waals surface area (Å²) in [6.45, 7) is 6.65. The number of methoxy groups -OCH3 is 1. The lowest BCUT2D eigenvalue weighted by Crippen LogP contribution is -2.14. The number of hydrogen-bond acceptors (Lipinski definition) is 3. The van der Waals surface area contributed by atoms with E-state index in [9.17, 15) is 0 Å². The summed E-state index contributed by atoms with van der Waals surface area (Å²) in [5, 5.41) is 3.29. The number of hydrogen-bond donors (Lipinski definition) is 1. The van der Waals surface area contributed by atoms with Crippen molar-refractivity contribution < 1.29 is 4.74 Å². The first-order valence-corrected chi connectivity index (χ1v) is 7.05. The number of thioether (sulfide) groups is 1. The molecule has 0 saturated carbocycles. The van der Waals surface area contributed by atoms with Gasteiger partial charge < -0.3 is 10.1 Å². The quantitative estimate of drug-likeness (QED) is 0.781. The van der Waals surface area contributed by atoms with E-state index >= 15 is 0 Å². The van der Waals surface area contributed by atoms with Crippen LogP contribution >= 0.6 is 11.8 Å². The summed E-state index contributed by atoms with van der Waals surface area (Å²) in [6.07, 6.45) is 0. The van der Waals surface area contributed by atoms with Gasteiger partial charge in [-0.05, 0) is 32.0 Å². The first kappa shape index (κ1) is 14.4. The minimum Gasteiger partial charge on any atom is -0.496 e. The van der Waals surface area contributed by atoms with E-state index in [2.05, 4.69) is 38.2 Å². The van der Waals surface area contributed by atoms with Crippen LogP contribution in [0.3, 0.4) is 0 Å². The van der Waals surface area contributed by atoms with Crippen molar-refractivity contribution >= 4 is 11.8 Å². The molecule has 1 N–H and O–H groups in total. The van der Waals surface area contributed by atoms with Crippen molar-refractivity contribution in [3.05, 3.63) is 23.8 Å². The monoisotopic (exact) mass is 253 g/mol. The lowest BCUT2D eigenvalue weighted by Gasteiger charge is -2.19. The van der Waals surface area contributed by atoms with E-state index < -0.39 is 0 Å². The maximum absolute atomic E-state index is 5.46. The molecule has 0 bridgehead atoms. The molecule has 1 atom stereocenters. The van der Waals surface area contributed by atoms with E-state index in [1.807, 2.05) is 24.9 Å². The third kappa shape index (κ3) is 3.93. The van der Waals surface area contributed by atoms with Crippen molar-refractivity contribution in [1.82, 2.24) is 5.32 Å². The Balaban J connectivity index is 3.01. The van der Waals surface area contributed by atoms with Gasteiger partial charge in [-0.25, -0.2) is 0 Å². The van der Waals surface area contributed by atoms with E-state index in [1.54, 1.807) is 7.11 Å². The Morgan fingerprint density at radius 3 is 2.53 bits per heavy atom. The van der Waals surface area contributed by atoms with Crippen LogP contribution < -0.4 is 10.1 Å². The normalized spacial score (nSPS) is 12.8. The van der Waals surface area contributed by atoms with Gasteiger partial charge in [0.25, 0.3) is 0 Å². The molecule has 0 aromatic heterocycles. The molecule has 2 nitrogen and oxygen atoms in total. The summed E-state index contributed by atoms with van der Waals surface area (Å²) < 4.78 is 5.46.